The first-order chi connectivity index (χ1) is 25.0. The monoisotopic (exact) mass is 669 g/mol. The van der Waals surface area contributed by atoms with Gasteiger partial charge in [0, 0.05) is 48.9 Å². The lowest BCUT2D eigenvalue weighted by Crippen LogP contribution is -2.25. The van der Waals surface area contributed by atoms with Crippen LogP contribution in [0.15, 0.2) is 151 Å². The van der Waals surface area contributed by atoms with Gasteiger partial charge < -0.3 is 9.80 Å². The van der Waals surface area contributed by atoms with Crippen molar-refractivity contribution in [2.45, 2.75) is 46.8 Å². The zero-order chi connectivity index (χ0) is 35.2. The summed E-state index contributed by atoms with van der Waals surface area (Å²) >= 11 is 0. The SMILES string of the molecule is CCN(CC)c1ccc(C=CC2=NN(c3cc(C)c4ccccc4n3)C(c3ccc(N(Cc4ccccc4)Cc4ccccc4)cc3)C2C)cc1. The number of anilines is 3. The van der Waals surface area contributed by atoms with E-state index in [2.05, 4.69) is 194 Å². The van der Waals surface area contributed by atoms with Crippen molar-refractivity contribution >= 4 is 39.9 Å². The Bertz CT molecular complexity index is 2060. The van der Waals surface area contributed by atoms with Gasteiger partial charge in [-0.1, -0.05) is 116 Å². The number of nitrogens with zero attached hydrogens (tertiary/aromatic N) is 5. The van der Waals surface area contributed by atoms with Crippen LogP contribution >= 0.6 is 0 Å². The van der Waals surface area contributed by atoms with Crippen molar-refractivity contribution in [3.63, 3.8) is 0 Å². The van der Waals surface area contributed by atoms with Crippen LogP contribution in [0.1, 0.15) is 54.6 Å². The van der Waals surface area contributed by atoms with Crippen LogP contribution in [0.5, 0.6) is 0 Å². The van der Waals surface area contributed by atoms with Gasteiger partial charge in [-0.15, -0.1) is 0 Å². The third kappa shape index (κ3) is 7.58. The average Bonchev–Trinajstić information content (AvgIpc) is 3.51. The second kappa shape index (κ2) is 15.5. The fourth-order valence-electron chi connectivity index (χ4n) is 7.20. The van der Waals surface area contributed by atoms with E-state index >= 15 is 0 Å². The Hall–Kier alpha value is -5.68. The molecule has 6 aromatic rings. The number of benzene rings is 5. The number of fused-ring (bicyclic) bond motifs is 1. The maximum absolute atomic E-state index is 5.28. The Morgan fingerprint density at radius 1 is 0.647 bits per heavy atom. The van der Waals surface area contributed by atoms with E-state index in [-0.39, 0.29) is 12.0 Å². The molecule has 0 saturated heterocycles. The fourth-order valence-corrected chi connectivity index (χ4v) is 7.20. The third-order valence-electron chi connectivity index (χ3n) is 10.1. The fraction of sp³-hybridized carbons (Fsp3) is 0.217. The minimum atomic E-state index is -0.00602. The van der Waals surface area contributed by atoms with E-state index in [0.29, 0.717) is 0 Å². The van der Waals surface area contributed by atoms with E-state index < -0.39 is 0 Å². The molecule has 0 spiro atoms. The summed E-state index contributed by atoms with van der Waals surface area (Å²) in [4.78, 5) is 9.96. The molecule has 0 amide bonds. The molecule has 2 unspecified atom stereocenters. The highest BCUT2D eigenvalue weighted by atomic mass is 15.5. The van der Waals surface area contributed by atoms with Gasteiger partial charge in [-0.05, 0) is 91.1 Å². The lowest BCUT2D eigenvalue weighted by atomic mass is 9.90. The van der Waals surface area contributed by atoms with Gasteiger partial charge >= 0.3 is 0 Å². The summed E-state index contributed by atoms with van der Waals surface area (Å²) in [7, 11) is 0. The molecule has 0 fully saturated rings. The van der Waals surface area contributed by atoms with Gasteiger partial charge in [-0.2, -0.15) is 5.10 Å². The summed E-state index contributed by atoms with van der Waals surface area (Å²) in [6.45, 7) is 12.5. The van der Waals surface area contributed by atoms with Crippen LogP contribution in [0.2, 0.25) is 0 Å². The first-order valence-corrected chi connectivity index (χ1v) is 18.2. The third-order valence-corrected chi connectivity index (χ3v) is 10.1. The molecule has 1 aliphatic heterocycles. The summed E-state index contributed by atoms with van der Waals surface area (Å²) < 4.78 is 0. The Labute approximate surface area is 303 Å². The Balaban J connectivity index is 1.21. The van der Waals surface area contributed by atoms with Crippen molar-refractivity contribution in [3.05, 3.63) is 173 Å². The van der Waals surface area contributed by atoms with Gasteiger partial charge in [-0.25, -0.2) is 9.99 Å². The van der Waals surface area contributed by atoms with E-state index in [4.69, 9.17) is 10.1 Å². The first kappa shape index (κ1) is 33.8. The van der Waals surface area contributed by atoms with Crippen molar-refractivity contribution in [3.8, 4) is 0 Å². The summed E-state index contributed by atoms with van der Waals surface area (Å²) in [5, 5.41) is 8.60. The minimum Gasteiger partial charge on any atom is -0.372 e. The molecule has 5 nitrogen and oxygen atoms in total. The van der Waals surface area contributed by atoms with Gasteiger partial charge in [0.2, 0.25) is 0 Å². The van der Waals surface area contributed by atoms with Crippen molar-refractivity contribution in [1.29, 1.82) is 0 Å². The van der Waals surface area contributed by atoms with Gasteiger partial charge in [0.25, 0.3) is 0 Å². The van der Waals surface area contributed by atoms with Gasteiger partial charge in [-0.3, -0.25) is 0 Å². The average molecular weight is 670 g/mol. The molecule has 0 N–H and O–H groups in total. The highest BCUT2D eigenvalue weighted by molar-refractivity contribution is 6.02. The van der Waals surface area contributed by atoms with Crippen LogP contribution in [0, 0.1) is 12.8 Å². The molecule has 7 rings (SSSR count). The molecule has 0 bridgehead atoms. The number of aryl methyl sites for hydroxylation is 1. The number of aromatic nitrogens is 1. The first-order valence-electron chi connectivity index (χ1n) is 18.2. The van der Waals surface area contributed by atoms with Gasteiger partial charge in [0.05, 0.1) is 17.3 Å². The maximum Gasteiger partial charge on any atom is 0.150 e. The number of hydrazone groups is 1. The second-order valence-electron chi connectivity index (χ2n) is 13.4. The molecule has 5 heteroatoms. The lowest BCUT2D eigenvalue weighted by Gasteiger charge is -2.28. The number of para-hydroxylation sites is 1. The van der Waals surface area contributed by atoms with Crippen LogP contribution < -0.4 is 14.8 Å². The van der Waals surface area contributed by atoms with E-state index in [1.165, 1.54) is 39.0 Å². The minimum absolute atomic E-state index is 0.00602. The molecule has 1 aliphatic rings. The van der Waals surface area contributed by atoms with Crippen molar-refractivity contribution in [2.24, 2.45) is 11.0 Å². The number of allylic oxidation sites excluding steroid dienone is 1. The molecule has 0 aliphatic carbocycles. The van der Waals surface area contributed by atoms with Crippen LogP contribution in [-0.4, -0.2) is 23.8 Å². The van der Waals surface area contributed by atoms with Crippen molar-refractivity contribution in [1.82, 2.24) is 4.98 Å². The van der Waals surface area contributed by atoms with Crippen LogP contribution in [-0.2, 0) is 13.1 Å². The van der Waals surface area contributed by atoms with Crippen LogP contribution in [0.4, 0.5) is 17.2 Å². The summed E-state index contributed by atoms with van der Waals surface area (Å²) in [5.41, 5.74) is 10.6. The molecule has 0 saturated carbocycles. The summed E-state index contributed by atoms with van der Waals surface area (Å²) in [5.74, 6) is 1.01. The number of pyridine rings is 1. The van der Waals surface area contributed by atoms with Gasteiger partial charge in [0.1, 0.15) is 5.82 Å². The zero-order valence-electron chi connectivity index (χ0n) is 30.2. The van der Waals surface area contributed by atoms with Gasteiger partial charge in [0.15, 0.2) is 0 Å². The molecule has 2 atom stereocenters. The molecule has 51 heavy (non-hydrogen) atoms. The normalized spacial score (nSPS) is 15.8. The van der Waals surface area contributed by atoms with Crippen molar-refractivity contribution in [2.75, 3.05) is 27.9 Å². The Kier molecular flexibility index (Phi) is 10.3. The quantitative estimate of drug-likeness (QED) is 0.130. The Morgan fingerprint density at radius 2 is 1.22 bits per heavy atom. The molecular formula is C46H47N5. The number of hydrogen-bond acceptors (Lipinski definition) is 5. The number of rotatable bonds is 12. The summed E-state index contributed by atoms with van der Waals surface area (Å²) in [6.07, 6.45) is 4.38. The summed E-state index contributed by atoms with van der Waals surface area (Å²) in [6, 6.07) is 49.9. The standard InChI is InChI=1S/C46H47N5/c1-5-49(6-2)40-26-21-36(22-27-40)23-30-43-35(4)46(51(48-43)45-31-34(3)42-19-13-14-20-44(42)47-45)39-24-28-41(29-25-39)50(32-37-15-9-7-10-16-37)33-38-17-11-8-12-18-38/h7-31,35,46H,5-6,32-33H2,1-4H3. The maximum atomic E-state index is 5.28. The molecule has 2 heterocycles. The molecule has 256 valence electrons. The molecule has 0 radical (unpaired) electrons. The van der Waals surface area contributed by atoms with Crippen molar-refractivity contribution < 1.29 is 0 Å². The zero-order valence-corrected chi connectivity index (χ0v) is 30.2. The topological polar surface area (TPSA) is 35.0 Å². The van der Waals surface area contributed by atoms with E-state index in [1.54, 1.807) is 0 Å². The smallest absolute Gasteiger partial charge is 0.150 e. The van der Waals surface area contributed by atoms with E-state index in [9.17, 15) is 0 Å². The second-order valence-corrected chi connectivity index (χ2v) is 13.4. The molecule has 1 aromatic heterocycles. The van der Waals surface area contributed by atoms with E-state index in [1.807, 2.05) is 0 Å². The highest BCUT2D eigenvalue weighted by Crippen LogP contribution is 2.40. The van der Waals surface area contributed by atoms with Crippen LogP contribution in [0.25, 0.3) is 17.0 Å². The number of hydrogen-bond donors (Lipinski definition) is 0. The highest BCUT2D eigenvalue weighted by Gasteiger charge is 2.36. The largest absolute Gasteiger partial charge is 0.372 e. The van der Waals surface area contributed by atoms with Crippen LogP contribution in [0.3, 0.4) is 0 Å². The molecule has 5 aromatic carbocycles. The van der Waals surface area contributed by atoms with E-state index in [0.717, 1.165) is 48.8 Å². The lowest BCUT2D eigenvalue weighted by molar-refractivity contribution is 0.585. The predicted molar refractivity (Wildman–Crippen MR) is 217 cm³/mol. The Morgan fingerprint density at radius 3 is 1.84 bits per heavy atom. The predicted octanol–water partition coefficient (Wildman–Crippen LogP) is 10.9. The molecular weight excluding hydrogens is 623 g/mol.